The molecule has 0 bridgehead atoms. The largest absolute Gasteiger partial charge is 0.312 e. The molecule has 0 aromatic heterocycles. The molecule has 0 saturated heterocycles. The van der Waals surface area contributed by atoms with Gasteiger partial charge in [0.2, 0.25) is 0 Å². The Bertz CT molecular complexity index is 459. The lowest BCUT2D eigenvalue weighted by molar-refractivity contribution is 0.615. The van der Waals surface area contributed by atoms with Gasteiger partial charge in [-0.25, -0.2) is 0 Å². The Hall–Kier alpha value is -1.60. The van der Waals surface area contributed by atoms with Crippen molar-refractivity contribution in [3.05, 3.63) is 71.3 Å². The molecule has 1 unspecified atom stereocenters. The number of rotatable bonds is 5. The summed E-state index contributed by atoms with van der Waals surface area (Å²) >= 11 is 0. The van der Waals surface area contributed by atoms with E-state index in [1.807, 2.05) is 0 Å². The molecule has 1 N–H and O–H groups in total. The standard InChI is InChI=1S/C17H21N/c1-14-8-10-16(11-9-14)13-18-12-15(2)17-6-4-3-5-7-17/h3-11,15,18H,12-13H2,1-2H3. The molecule has 0 aliphatic rings. The highest BCUT2D eigenvalue weighted by molar-refractivity contribution is 5.21. The van der Waals surface area contributed by atoms with Gasteiger partial charge >= 0.3 is 0 Å². The second kappa shape index (κ2) is 6.36. The van der Waals surface area contributed by atoms with E-state index in [0.29, 0.717) is 5.92 Å². The van der Waals surface area contributed by atoms with Crippen molar-refractivity contribution in [1.29, 1.82) is 0 Å². The highest BCUT2D eigenvalue weighted by atomic mass is 14.9. The molecular formula is C17H21N. The lowest BCUT2D eigenvalue weighted by Crippen LogP contribution is -2.19. The zero-order valence-electron chi connectivity index (χ0n) is 11.2. The van der Waals surface area contributed by atoms with Crippen LogP contribution in [0.2, 0.25) is 0 Å². The summed E-state index contributed by atoms with van der Waals surface area (Å²) in [5, 5.41) is 3.52. The predicted octanol–water partition coefficient (Wildman–Crippen LogP) is 3.89. The minimum atomic E-state index is 0.552. The summed E-state index contributed by atoms with van der Waals surface area (Å²) in [7, 11) is 0. The predicted molar refractivity (Wildman–Crippen MR) is 77.7 cm³/mol. The molecule has 0 heterocycles. The Morgan fingerprint density at radius 2 is 1.61 bits per heavy atom. The molecule has 0 aliphatic heterocycles. The second-order valence-electron chi connectivity index (χ2n) is 4.93. The van der Waals surface area contributed by atoms with Crippen molar-refractivity contribution in [3.8, 4) is 0 Å². The maximum Gasteiger partial charge on any atom is 0.0205 e. The van der Waals surface area contributed by atoms with E-state index in [1.165, 1.54) is 16.7 Å². The van der Waals surface area contributed by atoms with E-state index >= 15 is 0 Å². The third kappa shape index (κ3) is 3.71. The first kappa shape index (κ1) is 12.8. The summed E-state index contributed by atoms with van der Waals surface area (Å²) in [6.45, 7) is 6.33. The van der Waals surface area contributed by atoms with Crippen molar-refractivity contribution in [3.63, 3.8) is 0 Å². The Labute approximate surface area is 110 Å². The van der Waals surface area contributed by atoms with Crippen LogP contribution in [-0.4, -0.2) is 6.54 Å². The summed E-state index contributed by atoms with van der Waals surface area (Å²) in [4.78, 5) is 0. The normalized spacial score (nSPS) is 12.3. The van der Waals surface area contributed by atoms with Crippen molar-refractivity contribution in [2.45, 2.75) is 26.3 Å². The van der Waals surface area contributed by atoms with Gasteiger partial charge in [-0.15, -0.1) is 0 Å². The molecule has 1 nitrogen and oxygen atoms in total. The molecule has 0 radical (unpaired) electrons. The first-order valence-electron chi connectivity index (χ1n) is 6.57. The van der Waals surface area contributed by atoms with Crippen LogP contribution in [0.1, 0.15) is 29.5 Å². The topological polar surface area (TPSA) is 12.0 Å². The van der Waals surface area contributed by atoms with Gasteiger partial charge in [-0.3, -0.25) is 0 Å². The number of hydrogen-bond donors (Lipinski definition) is 1. The van der Waals surface area contributed by atoms with E-state index in [2.05, 4.69) is 73.8 Å². The zero-order chi connectivity index (χ0) is 12.8. The van der Waals surface area contributed by atoms with Crippen molar-refractivity contribution in [2.75, 3.05) is 6.54 Å². The number of aryl methyl sites for hydroxylation is 1. The van der Waals surface area contributed by atoms with Gasteiger partial charge in [0, 0.05) is 13.1 Å². The van der Waals surface area contributed by atoms with E-state index < -0.39 is 0 Å². The third-order valence-corrected chi connectivity index (χ3v) is 3.27. The molecule has 0 spiro atoms. The second-order valence-corrected chi connectivity index (χ2v) is 4.93. The summed E-state index contributed by atoms with van der Waals surface area (Å²) in [5.41, 5.74) is 4.06. The van der Waals surface area contributed by atoms with Crippen LogP contribution in [0.5, 0.6) is 0 Å². The smallest absolute Gasteiger partial charge is 0.0205 e. The highest BCUT2D eigenvalue weighted by Gasteiger charge is 2.03. The van der Waals surface area contributed by atoms with E-state index in [0.717, 1.165) is 13.1 Å². The fourth-order valence-corrected chi connectivity index (χ4v) is 2.04. The van der Waals surface area contributed by atoms with Gasteiger partial charge in [0.15, 0.2) is 0 Å². The molecule has 0 fully saturated rings. The monoisotopic (exact) mass is 239 g/mol. The molecule has 0 saturated carbocycles. The van der Waals surface area contributed by atoms with Crippen molar-refractivity contribution in [1.82, 2.24) is 5.32 Å². The third-order valence-electron chi connectivity index (χ3n) is 3.27. The van der Waals surface area contributed by atoms with Crippen LogP contribution in [-0.2, 0) is 6.54 Å². The molecule has 0 aliphatic carbocycles. The summed E-state index contributed by atoms with van der Waals surface area (Å²) in [6.07, 6.45) is 0. The summed E-state index contributed by atoms with van der Waals surface area (Å²) < 4.78 is 0. The molecular weight excluding hydrogens is 218 g/mol. The van der Waals surface area contributed by atoms with Crippen molar-refractivity contribution in [2.24, 2.45) is 0 Å². The van der Waals surface area contributed by atoms with E-state index in [9.17, 15) is 0 Å². The van der Waals surface area contributed by atoms with Crippen LogP contribution < -0.4 is 5.32 Å². The number of benzene rings is 2. The molecule has 94 valence electrons. The first-order valence-corrected chi connectivity index (χ1v) is 6.57. The number of hydrogen-bond acceptors (Lipinski definition) is 1. The van der Waals surface area contributed by atoms with E-state index in [1.54, 1.807) is 0 Å². The Morgan fingerprint density at radius 1 is 0.944 bits per heavy atom. The number of nitrogens with one attached hydrogen (secondary N) is 1. The van der Waals surface area contributed by atoms with Gasteiger partial charge in [-0.1, -0.05) is 67.1 Å². The van der Waals surface area contributed by atoms with Crippen LogP contribution >= 0.6 is 0 Å². The van der Waals surface area contributed by atoms with Gasteiger partial charge < -0.3 is 5.32 Å². The molecule has 1 atom stereocenters. The molecule has 18 heavy (non-hydrogen) atoms. The molecule has 2 rings (SSSR count). The van der Waals surface area contributed by atoms with E-state index in [-0.39, 0.29) is 0 Å². The fraction of sp³-hybridized carbons (Fsp3) is 0.294. The average Bonchev–Trinajstić information content (AvgIpc) is 2.42. The Balaban J connectivity index is 1.80. The average molecular weight is 239 g/mol. The van der Waals surface area contributed by atoms with Gasteiger partial charge in [-0.05, 0) is 24.0 Å². The van der Waals surface area contributed by atoms with Gasteiger partial charge in [0.1, 0.15) is 0 Å². The first-order chi connectivity index (χ1) is 8.75. The molecule has 2 aromatic carbocycles. The minimum absolute atomic E-state index is 0.552. The molecule has 0 amide bonds. The Morgan fingerprint density at radius 3 is 2.28 bits per heavy atom. The van der Waals surface area contributed by atoms with Crippen LogP contribution in [0.3, 0.4) is 0 Å². The quantitative estimate of drug-likeness (QED) is 0.834. The van der Waals surface area contributed by atoms with Gasteiger partial charge in [0.05, 0.1) is 0 Å². The van der Waals surface area contributed by atoms with Crippen LogP contribution in [0.15, 0.2) is 54.6 Å². The molecule has 2 aromatic rings. The SMILES string of the molecule is Cc1ccc(CNCC(C)c2ccccc2)cc1. The Kier molecular flexibility index (Phi) is 4.54. The van der Waals surface area contributed by atoms with Gasteiger partial charge in [0.25, 0.3) is 0 Å². The maximum absolute atomic E-state index is 3.52. The van der Waals surface area contributed by atoms with Crippen molar-refractivity contribution < 1.29 is 0 Å². The lowest BCUT2D eigenvalue weighted by atomic mass is 10.0. The molecule has 1 heteroatoms. The minimum Gasteiger partial charge on any atom is -0.312 e. The van der Waals surface area contributed by atoms with Crippen LogP contribution in [0, 0.1) is 6.92 Å². The van der Waals surface area contributed by atoms with Crippen molar-refractivity contribution >= 4 is 0 Å². The van der Waals surface area contributed by atoms with Crippen LogP contribution in [0.4, 0.5) is 0 Å². The lowest BCUT2D eigenvalue weighted by Gasteiger charge is -2.13. The van der Waals surface area contributed by atoms with Gasteiger partial charge in [-0.2, -0.15) is 0 Å². The zero-order valence-corrected chi connectivity index (χ0v) is 11.2. The summed E-state index contributed by atoms with van der Waals surface area (Å²) in [5.74, 6) is 0.552. The highest BCUT2D eigenvalue weighted by Crippen LogP contribution is 2.13. The maximum atomic E-state index is 3.52. The summed E-state index contributed by atoms with van der Waals surface area (Å²) in [6, 6.07) is 19.4. The van der Waals surface area contributed by atoms with E-state index in [4.69, 9.17) is 0 Å². The fourth-order valence-electron chi connectivity index (χ4n) is 2.04. The van der Waals surface area contributed by atoms with Crippen LogP contribution in [0.25, 0.3) is 0 Å².